The van der Waals surface area contributed by atoms with E-state index < -0.39 is 0 Å². The lowest BCUT2D eigenvalue weighted by atomic mass is 9.73. The molecule has 0 radical (unpaired) electrons. The third-order valence-electron chi connectivity index (χ3n) is 4.93. The minimum absolute atomic E-state index is 0.704. The van der Waals surface area contributed by atoms with Crippen molar-refractivity contribution in [2.75, 3.05) is 13.6 Å². The molecule has 1 saturated heterocycles. The van der Waals surface area contributed by atoms with E-state index in [0.717, 1.165) is 11.8 Å². The highest BCUT2D eigenvalue weighted by Crippen LogP contribution is 2.43. The molecule has 4 rings (SSSR count). The van der Waals surface area contributed by atoms with Crippen LogP contribution in [0.4, 0.5) is 0 Å². The molecule has 0 saturated carbocycles. The Morgan fingerprint density at radius 1 is 1.33 bits per heavy atom. The molecular weight excluding hydrogens is 220 g/mol. The fourth-order valence-corrected chi connectivity index (χ4v) is 4.21. The van der Waals surface area contributed by atoms with E-state index in [2.05, 4.69) is 48.3 Å². The Balaban J connectivity index is 1.92. The lowest BCUT2D eigenvalue weighted by molar-refractivity contribution is 0.119. The Morgan fingerprint density at radius 2 is 2.22 bits per heavy atom. The van der Waals surface area contributed by atoms with Crippen LogP contribution < -0.4 is 0 Å². The standard InChI is InChI=1S/C16H20N2/c1-10-6-13-12-4-3-5-14-16(12)11(8-17-14)7-15(13)18(2)9-10/h3-5,8,10,13,15,17H,6-7,9H2,1-2H3/t10?,13?,15-/m1/s1. The van der Waals surface area contributed by atoms with Gasteiger partial charge in [-0.1, -0.05) is 19.1 Å². The van der Waals surface area contributed by atoms with Crippen LogP contribution in [0.1, 0.15) is 30.4 Å². The van der Waals surface area contributed by atoms with Crippen LogP contribution in [0.5, 0.6) is 0 Å². The monoisotopic (exact) mass is 240 g/mol. The number of benzene rings is 1. The molecule has 1 aliphatic heterocycles. The molecule has 1 aromatic carbocycles. The molecule has 1 aliphatic carbocycles. The predicted octanol–water partition coefficient (Wildman–Crippen LogP) is 3.15. The lowest BCUT2D eigenvalue weighted by Gasteiger charge is -2.44. The van der Waals surface area contributed by atoms with Gasteiger partial charge in [0.1, 0.15) is 0 Å². The molecule has 0 bridgehead atoms. The maximum absolute atomic E-state index is 3.44. The van der Waals surface area contributed by atoms with Crippen molar-refractivity contribution in [3.05, 3.63) is 35.5 Å². The number of H-pyrrole nitrogens is 1. The molecule has 1 fully saturated rings. The number of nitrogens with zero attached hydrogens (tertiary/aromatic N) is 1. The number of piperidine rings is 1. The first kappa shape index (κ1) is 10.6. The lowest BCUT2D eigenvalue weighted by Crippen LogP contribution is -2.47. The van der Waals surface area contributed by atoms with E-state index in [1.807, 2.05) is 0 Å². The Bertz CT molecular complexity index is 598. The van der Waals surface area contributed by atoms with E-state index >= 15 is 0 Å². The van der Waals surface area contributed by atoms with Crippen LogP contribution >= 0.6 is 0 Å². The normalized spacial score (nSPS) is 31.6. The van der Waals surface area contributed by atoms with Crippen molar-refractivity contribution in [1.82, 2.24) is 9.88 Å². The van der Waals surface area contributed by atoms with Gasteiger partial charge in [-0.15, -0.1) is 0 Å². The minimum Gasteiger partial charge on any atom is -0.361 e. The third kappa shape index (κ3) is 1.33. The molecule has 2 unspecified atom stereocenters. The van der Waals surface area contributed by atoms with Gasteiger partial charge in [-0.05, 0) is 43.0 Å². The first-order chi connectivity index (χ1) is 8.74. The number of hydrogen-bond acceptors (Lipinski definition) is 1. The van der Waals surface area contributed by atoms with Crippen molar-refractivity contribution in [2.24, 2.45) is 5.92 Å². The first-order valence-electron chi connectivity index (χ1n) is 7.03. The van der Waals surface area contributed by atoms with Gasteiger partial charge >= 0.3 is 0 Å². The molecule has 2 aromatic rings. The molecule has 1 N–H and O–H groups in total. The van der Waals surface area contributed by atoms with Crippen molar-refractivity contribution < 1.29 is 0 Å². The van der Waals surface area contributed by atoms with Crippen LogP contribution in [-0.4, -0.2) is 29.5 Å². The number of aromatic amines is 1. The van der Waals surface area contributed by atoms with Gasteiger partial charge in [-0.2, -0.15) is 0 Å². The molecule has 2 heteroatoms. The third-order valence-corrected chi connectivity index (χ3v) is 4.93. The van der Waals surface area contributed by atoms with Gasteiger partial charge in [0, 0.05) is 35.6 Å². The van der Waals surface area contributed by atoms with Crippen LogP contribution in [0.2, 0.25) is 0 Å². The zero-order valence-electron chi connectivity index (χ0n) is 11.1. The van der Waals surface area contributed by atoms with Gasteiger partial charge in [-0.25, -0.2) is 0 Å². The molecule has 2 aliphatic rings. The maximum atomic E-state index is 3.44. The zero-order valence-corrected chi connectivity index (χ0v) is 11.1. The van der Waals surface area contributed by atoms with Crippen LogP contribution in [0, 0.1) is 5.92 Å². The van der Waals surface area contributed by atoms with Crippen molar-refractivity contribution in [3.8, 4) is 0 Å². The molecule has 0 spiro atoms. The number of likely N-dealkylation sites (tertiary alicyclic amines) is 1. The molecule has 1 aromatic heterocycles. The summed E-state index contributed by atoms with van der Waals surface area (Å²) in [4.78, 5) is 6.01. The topological polar surface area (TPSA) is 19.0 Å². The summed E-state index contributed by atoms with van der Waals surface area (Å²) in [6, 6.07) is 7.47. The highest BCUT2D eigenvalue weighted by molar-refractivity contribution is 5.88. The summed E-state index contributed by atoms with van der Waals surface area (Å²) in [5.41, 5.74) is 4.42. The summed E-state index contributed by atoms with van der Waals surface area (Å²) in [5.74, 6) is 1.54. The number of likely N-dealkylation sites (N-methyl/N-ethyl adjacent to an activating group) is 1. The van der Waals surface area contributed by atoms with Crippen molar-refractivity contribution in [2.45, 2.75) is 31.7 Å². The van der Waals surface area contributed by atoms with E-state index in [4.69, 9.17) is 0 Å². The minimum atomic E-state index is 0.704. The maximum Gasteiger partial charge on any atom is 0.0459 e. The highest BCUT2D eigenvalue weighted by atomic mass is 15.1. The quantitative estimate of drug-likeness (QED) is 0.749. The second-order valence-electron chi connectivity index (χ2n) is 6.24. The Kier molecular flexibility index (Phi) is 2.13. The second-order valence-corrected chi connectivity index (χ2v) is 6.24. The number of hydrogen-bond donors (Lipinski definition) is 1. The smallest absolute Gasteiger partial charge is 0.0459 e. The summed E-state index contributed by atoms with van der Waals surface area (Å²) >= 11 is 0. The van der Waals surface area contributed by atoms with Gasteiger partial charge < -0.3 is 9.88 Å². The van der Waals surface area contributed by atoms with Gasteiger partial charge in [-0.3, -0.25) is 0 Å². The summed E-state index contributed by atoms with van der Waals surface area (Å²) in [6.45, 7) is 3.64. The molecular formula is C16H20N2. The van der Waals surface area contributed by atoms with E-state index in [1.165, 1.54) is 35.9 Å². The Hall–Kier alpha value is -1.28. The fraction of sp³-hybridized carbons (Fsp3) is 0.500. The first-order valence-corrected chi connectivity index (χ1v) is 7.03. The number of aromatic nitrogens is 1. The van der Waals surface area contributed by atoms with Crippen molar-refractivity contribution >= 4 is 10.9 Å². The van der Waals surface area contributed by atoms with E-state index in [0.29, 0.717) is 6.04 Å². The predicted molar refractivity (Wildman–Crippen MR) is 74.9 cm³/mol. The number of rotatable bonds is 0. The van der Waals surface area contributed by atoms with Crippen LogP contribution in [0.15, 0.2) is 24.4 Å². The van der Waals surface area contributed by atoms with Crippen LogP contribution in [0.3, 0.4) is 0 Å². The van der Waals surface area contributed by atoms with Crippen molar-refractivity contribution in [3.63, 3.8) is 0 Å². The van der Waals surface area contributed by atoms with Gasteiger partial charge in [0.2, 0.25) is 0 Å². The Labute approximate surface area is 108 Å². The molecule has 94 valence electrons. The molecule has 2 heterocycles. The van der Waals surface area contributed by atoms with E-state index in [1.54, 1.807) is 5.56 Å². The number of fused-ring (bicyclic) bond motifs is 2. The molecule has 2 nitrogen and oxygen atoms in total. The molecule has 18 heavy (non-hydrogen) atoms. The van der Waals surface area contributed by atoms with Gasteiger partial charge in [0.25, 0.3) is 0 Å². The fourth-order valence-electron chi connectivity index (χ4n) is 4.21. The Morgan fingerprint density at radius 3 is 3.11 bits per heavy atom. The van der Waals surface area contributed by atoms with Gasteiger partial charge in [0.15, 0.2) is 0 Å². The second kappa shape index (κ2) is 3.61. The average Bonchev–Trinajstić information content (AvgIpc) is 2.76. The zero-order chi connectivity index (χ0) is 12.3. The summed E-state index contributed by atoms with van der Waals surface area (Å²) in [5, 5.41) is 1.52. The van der Waals surface area contributed by atoms with Crippen LogP contribution in [-0.2, 0) is 6.42 Å². The summed E-state index contributed by atoms with van der Waals surface area (Å²) in [7, 11) is 2.30. The van der Waals surface area contributed by atoms with Crippen molar-refractivity contribution in [1.29, 1.82) is 0 Å². The van der Waals surface area contributed by atoms with Gasteiger partial charge in [0.05, 0.1) is 0 Å². The summed E-state index contributed by atoms with van der Waals surface area (Å²) in [6.07, 6.45) is 4.78. The summed E-state index contributed by atoms with van der Waals surface area (Å²) < 4.78 is 0. The van der Waals surface area contributed by atoms with E-state index in [-0.39, 0.29) is 0 Å². The largest absolute Gasteiger partial charge is 0.361 e. The molecule has 3 atom stereocenters. The van der Waals surface area contributed by atoms with Crippen LogP contribution in [0.25, 0.3) is 10.9 Å². The molecule has 0 amide bonds. The average molecular weight is 240 g/mol. The SMILES string of the molecule is CC1CC2c3cccc4[nH]cc(c34)C[C@H]2N(C)C1. The number of nitrogens with one attached hydrogen (secondary N) is 1. The highest BCUT2D eigenvalue weighted by Gasteiger charge is 2.37. The van der Waals surface area contributed by atoms with E-state index in [9.17, 15) is 0 Å².